The number of aromatic amines is 1. The predicted molar refractivity (Wildman–Crippen MR) is 39.5 cm³/mol. The lowest BCUT2D eigenvalue weighted by Gasteiger charge is -1.86. The lowest BCUT2D eigenvalue weighted by molar-refractivity contribution is 0.565. The summed E-state index contributed by atoms with van der Waals surface area (Å²) in [5.74, 6) is 0.0737. The van der Waals surface area contributed by atoms with Crippen molar-refractivity contribution in [3.63, 3.8) is 0 Å². The van der Waals surface area contributed by atoms with E-state index in [1.165, 1.54) is 18.6 Å². The summed E-state index contributed by atoms with van der Waals surface area (Å²) in [6.45, 7) is 0. The van der Waals surface area contributed by atoms with Gasteiger partial charge in [-0.1, -0.05) is 0 Å². The number of hydrogen-bond donors (Lipinski definition) is 1. The molecule has 0 bridgehead atoms. The standard InChI is InChI=1S/C6H3N5O/c12-3-10-6-7-1-4-5(11-6)9-2-8-4/h1-2H,(H,7,8,9,11). The van der Waals surface area contributed by atoms with Crippen LogP contribution in [0.1, 0.15) is 0 Å². The molecule has 0 radical (unpaired) electrons. The lowest BCUT2D eigenvalue weighted by atomic mass is 10.6. The van der Waals surface area contributed by atoms with E-state index >= 15 is 0 Å². The minimum atomic E-state index is 0.0737. The number of aromatic nitrogens is 4. The average molecular weight is 161 g/mol. The molecule has 0 aliphatic carbocycles. The van der Waals surface area contributed by atoms with Gasteiger partial charge in [0.15, 0.2) is 5.65 Å². The molecule has 0 unspecified atom stereocenters. The molecule has 0 amide bonds. The van der Waals surface area contributed by atoms with E-state index in [4.69, 9.17) is 0 Å². The fourth-order valence-electron chi connectivity index (χ4n) is 0.822. The van der Waals surface area contributed by atoms with Crippen LogP contribution in [0.15, 0.2) is 17.5 Å². The predicted octanol–water partition coefficient (Wildman–Crippen LogP) is 0.320. The van der Waals surface area contributed by atoms with Gasteiger partial charge in [-0.05, 0) is 0 Å². The van der Waals surface area contributed by atoms with E-state index in [9.17, 15) is 4.79 Å². The Balaban J connectivity index is 2.67. The second-order valence-electron chi connectivity index (χ2n) is 2.01. The van der Waals surface area contributed by atoms with Crippen molar-refractivity contribution in [1.82, 2.24) is 19.9 Å². The van der Waals surface area contributed by atoms with Gasteiger partial charge in [-0.2, -0.15) is 4.98 Å². The number of rotatable bonds is 1. The van der Waals surface area contributed by atoms with Crippen molar-refractivity contribution < 1.29 is 4.79 Å². The average Bonchev–Trinajstić information content (AvgIpc) is 2.51. The Kier molecular flexibility index (Phi) is 1.39. The third kappa shape index (κ3) is 0.959. The van der Waals surface area contributed by atoms with Gasteiger partial charge in [0, 0.05) is 0 Å². The Hall–Kier alpha value is -2.07. The minimum absolute atomic E-state index is 0.0737. The van der Waals surface area contributed by atoms with Crippen molar-refractivity contribution in [2.45, 2.75) is 0 Å². The largest absolute Gasteiger partial charge is 0.342 e. The molecule has 1 N–H and O–H groups in total. The van der Waals surface area contributed by atoms with Crippen LogP contribution < -0.4 is 0 Å². The van der Waals surface area contributed by atoms with Crippen LogP contribution in [0.25, 0.3) is 11.2 Å². The Morgan fingerprint density at radius 1 is 1.50 bits per heavy atom. The van der Waals surface area contributed by atoms with Crippen LogP contribution in [0.3, 0.4) is 0 Å². The third-order valence-corrected chi connectivity index (χ3v) is 1.31. The first-order valence-corrected chi connectivity index (χ1v) is 3.14. The number of carbonyl (C=O) groups excluding carboxylic acids is 1. The van der Waals surface area contributed by atoms with Crippen molar-refractivity contribution in [1.29, 1.82) is 0 Å². The molecule has 0 spiro atoms. The molecule has 0 aliphatic heterocycles. The highest BCUT2D eigenvalue weighted by Crippen LogP contribution is 2.08. The van der Waals surface area contributed by atoms with Gasteiger partial charge in [0.05, 0.1) is 12.5 Å². The molecule has 0 aliphatic rings. The zero-order valence-corrected chi connectivity index (χ0v) is 5.85. The molecular formula is C6H3N5O. The number of nitrogens with zero attached hydrogens (tertiary/aromatic N) is 4. The molecule has 2 aromatic rings. The van der Waals surface area contributed by atoms with Crippen molar-refractivity contribution in [2.75, 3.05) is 0 Å². The minimum Gasteiger partial charge on any atom is -0.342 e. The first kappa shape index (κ1) is 6.63. The normalized spacial score (nSPS) is 9.67. The van der Waals surface area contributed by atoms with Crippen LogP contribution in [0, 0.1) is 0 Å². The summed E-state index contributed by atoms with van der Waals surface area (Å²) in [6.07, 6.45) is 4.35. The van der Waals surface area contributed by atoms with Gasteiger partial charge in [0.25, 0.3) is 5.95 Å². The van der Waals surface area contributed by atoms with E-state index in [0.29, 0.717) is 11.2 Å². The molecule has 0 atom stereocenters. The molecule has 6 nitrogen and oxygen atoms in total. The van der Waals surface area contributed by atoms with Gasteiger partial charge in [0.2, 0.25) is 6.08 Å². The number of nitrogens with one attached hydrogen (secondary N) is 1. The summed E-state index contributed by atoms with van der Waals surface area (Å²) < 4.78 is 0. The van der Waals surface area contributed by atoms with E-state index in [1.54, 1.807) is 0 Å². The number of isocyanates is 1. The van der Waals surface area contributed by atoms with Crippen LogP contribution in [0.4, 0.5) is 5.95 Å². The van der Waals surface area contributed by atoms with Gasteiger partial charge in [0.1, 0.15) is 5.52 Å². The number of hydrogen-bond acceptors (Lipinski definition) is 5. The summed E-state index contributed by atoms with van der Waals surface area (Å²) in [4.78, 5) is 27.4. The molecule has 12 heavy (non-hydrogen) atoms. The molecule has 0 saturated heterocycles. The van der Waals surface area contributed by atoms with Crippen LogP contribution in [0.5, 0.6) is 0 Å². The maximum atomic E-state index is 9.85. The summed E-state index contributed by atoms with van der Waals surface area (Å²) in [5.41, 5.74) is 1.19. The molecule has 58 valence electrons. The maximum Gasteiger partial charge on any atom is 0.262 e. The molecule has 2 aromatic heterocycles. The van der Waals surface area contributed by atoms with E-state index in [-0.39, 0.29) is 5.95 Å². The topological polar surface area (TPSA) is 83.9 Å². The first-order chi connectivity index (χ1) is 5.90. The van der Waals surface area contributed by atoms with Gasteiger partial charge >= 0.3 is 0 Å². The highest BCUT2D eigenvalue weighted by Gasteiger charge is 1.98. The summed E-state index contributed by atoms with van der Waals surface area (Å²) in [7, 11) is 0. The van der Waals surface area contributed by atoms with Crippen LogP contribution in [0.2, 0.25) is 0 Å². The number of H-pyrrole nitrogens is 1. The monoisotopic (exact) mass is 161 g/mol. The summed E-state index contributed by atoms with van der Waals surface area (Å²) in [6, 6.07) is 0. The van der Waals surface area contributed by atoms with E-state index in [2.05, 4.69) is 24.9 Å². The van der Waals surface area contributed by atoms with Gasteiger partial charge in [-0.3, -0.25) is 0 Å². The molecule has 0 aromatic carbocycles. The molecule has 2 rings (SSSR count). The fourth-order valence-corrected chi connectivity index (χ4v) is 0.822. The highest BCUT2D eigenvalue weighted by atomic mass is 16.1. The van der Waals surface area contributed by atoms with E-state index in [1.807, 2.05) is 0 Å². The number of fused-ring (bicyclic) bond motifs is 1. The Labute approximate surface area is 66.4 Å². The second kappa shape index (κ2) is 2.52. The Morgan fingerprint density at radius 2 is 2.42 bits per heavy atom. The quantitative estimate of drug-likeness (QED) is 0.482. The molecule has 0 saturated carbocycles. The Morgan fingerprint density at radius 3 is 3.25 bits per heavy atom. The molecule has 0 fully saturated rings. The van der Waals surface area contributed by atoms with Crippen LogP contribution in [-0.2, 0) is 4.79 Å². The van der Waals surface area contributed by atoms with Crippen molar-refractivity contribution in [3.8, 4) is 0 Å². The Bertz CT molecular complexity index is 456. The first-order valence-electron chi connectivity index (χ1n) is 3.14. The highest BCUT2D eigenvalue weighted by molar-refractivity contribution is 5.69. The lowest BCUT2D eigenvalue weighted by Crippen LogP contribution is -1.81. The SMILES string of the molecule is O=C=Nc1ncc2[nH]cnc2n1. The zero-order chi connectivity index (χ0) is 8.39. The maximum absolute atomic E-state index is 9.85. The van der Waals surface area contributed by atoms with Crippen LogP contribution in [-0.4, -0.2) is 26.0 Å². The van der Waals surface area contributed by atoms with Crippen molar-refractivity contribution in [2.24, 2.45) is 4.99 Å². The molecular weight excluding hydrogens is 158 g/mol. The second-order valence-corrected chi connectivity index (χ2v) is 2.01. The summed E-state index contributed by atoms with van der Waals surface area (Å²) in [5, 5.41) is 0. The van der Waals surface area contributed by atoms with Crippen molar-refractivity contribution >= 4 is 23.2 Å². The van der Waals surface area contributed by atoms with Crippen LogP contribution >= 0.6 is 0 Å². The molecule has 2 heterocycles. The third-order valence-electron chi connectivity index (χ3n) is 1.31. The number of imidazole rings is 1. The fraction of sp³-hybridized carbons (Fsp3) is 0. The molecule has 6 heteroatoms. The number of aliphatic imine (C=N–C) groups is 1. The van der Waals surface area contributed by atoms with Gasteiger partial charge in [-0.25, -0.2) is 14.8 Å². The smallest absolute Gasteiger partial charge is 0.262 e. The van der Waals surface area contributed by atoms with Gasteiger partial charge in [-0.15, -0.1) is 4.99 Å². The van der Waals surface area contributed by atoms with E-state index < -0.39 is 0 Å². The zero-order valence-electron chi connectivity index (χ0n) is 5.85. The van der Waals surface area contributed by atoms with E-state index in [0.717, 1.165) is 0 Å². The summed E-state index contributed by atoms with van der Waals surface area (Å²) >= 11 is 0. The van der Waals surface area contributed by atoms with Crippen molar-refractivity contribution in [3.05, 3.63) is 12.5 Å². The van der Waals surface area contributed by atoms with Gasteiger partial charge < -0.3 is 4.98 Å².